The highest BCUT2D eigenvalue weighted by Crippen LogP contribution is 2.37. The predicted molar refractivity (Wildman–Crippen MR) is 137 cm³/mol. The second-order valence-corrected chi connectivity index (χ2v) is 11.8. The molecule has 2 saturated heterocycles. The quantitative estimate of drug-likeness (QED) is 0.232. The van der Waals surface area contributed by atoms with E-state index in [1.807, 2.05) is 17.0 Å². The molecular formula is C24H37ClF3N3O6S. The smallest absolute Gasteiger partial charge is 0.389 e. The van der Waals surface area contributed by atoms with E-state index in [1.54, 1.807) is 24.7 Å². The van der Waals surface area contributed by atoms with E-state index in [9.17, 15) is 31.6 Å². The van der Waals surface area contributed by atoms with Gasteiger partial charge in [0.2, 0.25) is 10.0 Å². The Morgan fingerprint density at radius 2 is 1.71 bits per heavy atom. The first-order valence-electron chi connectivity index (χ1n) is 12.5. The van der Waals surface area contributed by atoms with Crippen LogP contribution in [0.2, 0.25) is 0 Å². The lowest BCUT2D eigenvalue weighted by Crippen LogP contribution is -2.62. The van der Waals surface area contributed by atoms with Gasteiger partial charge in [0.05, 0.1) is 13.2 Å². The number of piperidine rings is 2. The number of sulfonamides is 1. The Morgan fingerprint density at radius 1 is 1.11 bits per heavy atom. The van der Waals surface area contributed by atoms with Crippen LogP contribution in [0.1, 0.15) is 50.0 Å². The maximum atomic E-state index is 13.7. The normalized spacial score (nSPS) is 19.5. The van der Waals surface area contributed by atoms with Crippen molar-refractivity contribution in [2.45, 2.75) is 55.4 Å². The average Bonchev–Trinajstić information content (AvgIpc) is 2.89. The van der Waals surface area contributed by atoms with E-state index in [2.05, 4.69) is 0 Å². The number of alkyl halides is 3. The number of hydroxylamine groups is 1. The fourth-order valence-electron chi connectivity index (χ4n) is 5.04. The van der Waals surface area contributed by atoms with Crippen LogP contribution in [0.3, 0.4) is 0 Å². The summed E-state index contributed by atoms with van der Waals surface area (Å²) in [5, 5.41) is 9.36. The van der Waals surface area contributed by atoms with Crippen molar-refractivity contribution >= 4 is 28.3 Å². The molecule has 2 aliphatic heterocycles. The van der Waals surface area contributed by atoms with Gasteiger partial charge in [-0.25, -0.2) is 18.2 Å². The number of ether oxygens (including phenoxy) is 2. The first-order valence-corrected chi connectivity index (χ1v) is 13.9. The summed E-state index contributed by atoms with van der Waals surface area (Å²) in [7, 11) is -2.44. The van der Waals surface area contributed by atoms with Gasteiger partial charge >= 0.3 is 6.18 Å². The Labute approximate surface area is 228 Å². The van der Waals surface area contributed by atoms with Gasteiger partial charge in [-0.05, 0) is 55.7 Å². The molecule has 0 saturated carbocycles. The monoisotopic (exact) mass is 587 g/mol. The van der Waals surface area contributed by atoms with E-state index in [-0.39, 0.29) is 57.3 Å². The largest absolute Gasteiger partial charge is 0.494 e. The number of hydrogen-bond acceptors (Lipinski definition) is 7. The Morgan fingerprint density at radius 3 is 2.24 bits per heavy atom. The lowest BCUT2D eigenvalue weighted by atomic mass is 9.90. The second kappa shape index (κ2) is 14.1. The van der Waals surface area contributed by atoms with Crippen LogP contribution in [-0.2, 0) is 19.6 Å². The molecule has 0 aromatic heterocycles. The standard InChI is InChI=1S/C24H36F3N3O6S.ClH/c1-35-18-16-29-14-10-23(11-15-29,22(31)28-32)37(33,34)30-12-7-20(8-13-30)19-3-5-21(6-4-19)36-17-2-9-24(25,26)27;/h3-6,20,32H,2,7-18H2,1H3,(H,28,31);1H. The average molecular weight is 588 g/mol. The molecule has 1 aromatic carbocycles. The molecule has 0 radical (unpaired) electrons. The van der Waals surface area contributed by atoms with Crippen LogP contribution in [0.15, 0.2) is 24.3 Å². The van der Waals surface area contributed by atoms with E-state index in [1.165, 1.54) is 4.31 Å². The minimum absolute atomic E-state index is 0. The number of methoxy groups -OCH3 is 1. The fraction of sp³-hybridized carbons (Fsp3) is 0.708. The van der Waals surface area contributed by atoms with Gasteiger partial charge in [-0.1, -0.05) is 12.1 Å². The maximum absolute atomic E-state index is 13.7. The van der Waals surface area contributed by atoms with Crippen LogP contribution in [-0.4, -0.2) is 92.7 Å². The van der Waals surface area contributed by atoms with Crippen molar-refractivity contribution in [3.8, 4) is 5.75 Å². The summed E-state index contributed by atoms with van der Waals surface area (Å²) in [6.45, 7) is 2.41. The molecule has 0 atom stereocenters. The van der Waals surface area contributed by atoms with E-state index in [4.69, 9.17) is 9.47 Å². The molecule has 0 spiro atoms. The maximum Gasteiger partial charge on any atom is 0.389 e. The van der Waals surface area contributed by atoms with Crippen LogP contribution < -0.4 is 10.2 Å². The van der Waals surface area contributed by atoms with Gasteiger partial charge in [-0.15, -0.1) is 12.4 Å². The number of carbonyl (C=O) groups is 1. The Bertz CT molecular complexity index is 981. The number of halogens is 4. The Balaban J connectivity index is 0.00000507. The third kappa shape index (κ3) is 7.95. The third-order valence-corrected chi connectivity index (χ3v) is 9.93. The first kappa shape index (κ1) is 32.6. The van der Waals surface area contributed by atoms with Crippen LogP contribution in [0, 0.1) is 0 Å². The molecule has 14 heteroatoms. The van der Waals surface area contributed by atoms with Crippen molar-refractivity contribution in [2.75, 3.05) is 53.0 Å². The van der Waals surface area contributed by atoms with Crippen molar-refractivity contribution < 1.29 is 41.1 Å². The molecule has 1 aromatic rings. The number of likely N-dealkylation sites (tertiary alicyclic amines) is 1. The van der Waals surface area contributed by atoms with Crippen molar-refractivity contribution in [3.05, 3.63) is 29.8 Å². The molecule has 0 unspecified atom stereocenters. The topological polar surface area (TPSA) is 108 Å². The van der Waals surface area contributed by atoms with E-state index in [0.29, 0.717) is 44.8 Å². The fourth-order valence-corrected chi connectivity index (χ4v) is 7.20. The number of rotatable bonds is 11. The molecule has 0 bridgehead atoms. The lowest BCUT2D eigenvalue weighted by molar-refractivity contribution is -0.136. The zero-order valence-electron chi connectivity index (χ0n) is 21.4. The summed E-state index contributed by atoms with van der Waals surface area (Å²) in [5.74, 6) is -0.309. The van der Waals surface area contributed by atoms with Crippen LogP contribution in [0.4, 0.5) is 13.2 Å². The van der Waals surface area contributed by atoms with Crippen molar-refractivity contribution in [2.24, 2.45) is 0 Å². The molecule has 218 valence electrons. The minimum atomic E-state index is -4.20. The summed E-state index contributed by atoms with van der Waals surface area (Å²) >= 11 is 0. The minimum Gasteiger partial charge on any atom is -0.494 e. The Kier molecular flexibility index (Phi) is 12.1. The molecule has 2 heterocycles. The number of nitrogens with one attached hydrogen (secondary N) is 1. The molecule has 2 aliphatic rings. The van der Waals surface area contributed by atoms with Gasteiger partial charge in [0, 0.05) is 46.3 Å². The molecule has 38 heavy (non-hydrogen) atoms. The molecule has 0 aliphatic carbocycles. The predicted octanol–water partition coefficient (Wildman–Crippen LogP) is 3.33. The number of hydrogen-bond donors (Lipinski definition) is 2. The number of nitrogens with zero attached hydrogens (tertiary/aromatic N) is 2. The summed E-state index contributed by atoms with van der Waals surface area (Å²) in [5.41, 5.74) is 2.58. The molecule has 9 nitrogen and oxygen atoms in total. The van der Waals surface area contributed by atoms with Crippen molar-refractivity contribution in [3.63, 3.8) is 0 Å². The highest BCUT2D eigenvalue weighted by Gasteiger charge is 2.55. The first-order chi connectivity index (χ1) is 17.5. The summed E-state index contributed by atoms with van der Waals surface area (Å²) < 4.78 is 74.2. The van der Waals surface area contributed by atoms with Gasteiger partial charge in [-0.3, -0.25) is 10.0 Å². The van der Waals surface area contributed by atoms with Gasteiger partial charge in [0.15, 0.2) is 4.75 Å². The Hall–Kier alpha value is -1.64. The van der Waals surface area contributed by atoms with Gasteiger partial charge < -0.3 is 14.4 Å². The van der Waals surface area contributed by atoms with Crippen LogP contribution >= 0.6 is 12.4 Å². The molecule has 2 N–H and O–H groups in total. The van der Waals surface area contributed by atoms with Gasteiger partial charge in [0.1, 0.15) is 5.75 Å². The molecule has 2 fully saturated rings. The number of amides is 1. The van der Waals surface area contributed by atoms with Crippen molar-refractivity contribution in [1.82, 2.24) is 14.7 Å². The van der Waals surface area contributed by atoms with E-state index >= 15 is 0 Å². The van der Waals surface area contributed by atoms with Gasteiger partial charge in [0.25, 0.3) is 5.91 Å². The molecule has 3 rings (SSSR count). The van der Waals surface area contributed by atoms with Crippen molar-refractivity contribution in [1.29, 1.82) is 0 Å². The summed E-state index contributed by atoms with van der Waals surface area (Å²) in [4.78, 5) is 14.7. The van der Waals surface area contributed by atoms with Crippen LogP contribution in [0.25, 0.3) is 0 Å². The zero-order chi connectivity index (χ0) is 27.1. The highest BCUT2D eigenvalue weighted by molar-refractivity contribution is 7.91. The van der Waals surface area contributed by atoms with Crippen LogP contribution in [0.5, 0.6) is 5.75 Å². The third-order valence-electron chi connectivity index (χ3n) is 7.30. The molecule has 1 amide bonds. The zero-order valence-corrected chi connectivity index (χ0v) is 23.0. The number of benzene rings is 1. The SMILES string of the molecule is COCCN1CCC(C(=O)NO)(S(=O)(=O)N2CCC(c3ccc(OCCCC(F)(F)F)cc3)CC2)CC1.Cl. The van der Waals surface area contributed by atoms with E-state index < -0.39 is 33.3 Å². The molecular weight excluding hydrogens is 551 g/mol. The summed E-state index contributed by atoms with van der Waals surface area (Å²) in [6, 6.07) is 7.13. The number of carbonyl (C=O) groups excluding carboxylic acids is 1. The summed E-state index contributed by atoms with van der Waals surface area (Å²) in [6.07, 6.45) is -3.92. The second-order valence-electron chi connectivity index (χ2n) is 9.58. The van der Waals surface area contributed by atoms with Gasteiger partial charge in [-0.2, -0.15) is 13.2 Å². The van der Waals surface area contributed by atoms with E-state index in [0.717, 1.165) is 5.56 Å². The highest BCUT2D eigenvalue weighted by atomic mass is 35.5. The lowest BCUT2D eigenvalue weighted by Gasteiger charge is -2.43.